The van der Waals surface area contributed by atoms with Gasteiger partial charge in [-0.2, -0.15) is 0 Å². The molecule has 0 spiro atoms. The minimum atomic E-state index is 0. The molecule has 5 heteroatoms. The van der Waals surface area contributed by atoms with Crippen molar-refractivity contribution in [2.24, 2.45) is 0 Å². The minimum Gasteiger partial charge on any atom is -0.491 e. The van der Waals surface area contributed by atoms with Crippen molar-refractivity contribution in [3.05, 3.63) is 22.2 Å². The van der Waals surface area contributed by atoms with Crippen LogP contribution in [0.2, 0.25) is 0 Å². The first-order chi connectivity index (χ1) is 6.81. The molecule has 0 fully saturated rings. The second kappa shape index (κ2) is 5.73. The van der Waals surface area contributed by atoms with Gasteiger partial charge in [0.25, 0.3) is 0 Å². The predicted molar refractivity (Wildman–Crippen MR) is 62.8 cm³/mol. The second-order valence-corrected chi connectivity index (χ2v) is 4.71. The van der Waals surface area contributed by atoms with E-state index in [9.17, 15) is 0 Å². The van der Waals surface area contributed by atoms with Crippen molar-refractivity contribution in [3.8, 4) is 5.75 Å². The molecule has 15 heavy (non-hydrogen) atoms. The number of para-hydroxylation sites is 1. The van der Waals surface area contributed by atoms with Crippen LogP contribution in [0.25, 0.3) is 10.2 Å². The topological polar surface area (TPSA) is 25.0 Å². The van der Waals surface area contributed by atoms with Crippen LogP contribution in [-0.4, -0.2) is 11.6 Å². The fourth-order valence-electron chi connectivity index (χ4n) is 1.28. The monoisotopic (exact) mass is 289 g/mol. The molecule has 2 nitrogen and oxygen atoms in total. The van der Waals surface area contributed by atoms with Crippen LogP contribution >= 0.6 is 23.6 Å². The van der Waals surface area contributed by atoms with Crippen LogP contribution in [0.5, 0.6) is 5.75 Å². The molecule has 1 aromatic carbocycles. The van der Waals surface area contributed by atoms with E-state index in [1.165, 1.54) is 0 Å². The van der Waals surface area contributed by atoms with Gasteiger partial charge in [0.15, 0.2) is 3.95 Å². The third-order valence-electron chi connectivity index (χ3n) is 1.88. The van der Waals surface area contributed by atoms with Gasteiger partial charge in [0, 0.05) is 19.5 Å². The van der Waals surface area contributed by atoms with Crippen LogP contribution < -0.4 is 4.74 Å². The summed E-state index contributed by atoms with van der Waals surface area (Å²) < 4.78 is 7.57. The summed E-state index contributed by atoms with van der Waals surface area (Å²) in [4.78, 5) is 3.14. The molecule has 1 heterocycles. The molecule has 2 aromatic rings. The number of hydrogen-bond donors (Lipinski definition) is 1. The van der Waals surface area contributed by atoms with Gasteiger partial charge in [-0.25, -0.2) is 0 Å². The van der Waals surface area contributed by atoms with E-state index in [0.717, 1.165) is 32.9 Å². The van der Waals surface area contributed by atoms with Crippen molar-refractivity contribution in [2.75, 3.05) is 6.61 Å². The number of ether oxygens (including phenoxy) is 1. The molecule has 0 saturated carbocycles. The molecule has 0 aliphatic heterocycles. The summed E-state index contributed by atoms with van der Waals surface area (Å²) in [5.74, 6) is 0.900. The summed E-state index contributed by atoms with van der Waals surface area (Å²) in [6, 6.07) is 6.01. The zero-order valence-electron chi connectivity index (χ0n) is 8.58. The van der Waals surface area contributed by atoms with E-state index in [1.54, 1.807) is 11.3 Å². The van der Waals surface area contributed by atoms with Gasteiger partial charge in [-0.05, 0) is 30.8 Å². The number of nitrogens with one attached hydrogen (secondary N) is 1. The van der Waals surface area contributed by atoms with Gasteiger partial charge < -0.3 is 9.72 Å². The number of fused-ring (bicyclic) bond motifs is 1. The van der Waals surface area contributed by atoms with Crippen molar-refractivity contribution < 1.29 is 24.2 Å². The molecule has 76 valence electrons. The number of benzene rings is 1. The fraction of sp³-hybridized carbons (Fsp3) is 0.300. The van der Waals surface area contributed by atoms with Crippen LogP contribution in [0.4, 0.5) is 0 Å². The van der Waals surface area contributed by atoms with Gasteiger partial charge in [0.1, 0.15) is 5.75 Å². The van der Waals surface area contributed by atoms with Crippen molar-refractivity contribution in [1.82, 2.24) is 4.98 Å². The minimum absolute atomic E-state index is 0. The van der Waals surface area contributed by atoms with Crippen LogP contribution in [0, 0.1) is 3.95 Å². The summed E-state index contributed by atoms with van der Waals surface area (Å²) in [6.07, 6.45) is 1.02. The van der Waals surface area contributed by atoms with E-state index in [0.29, 0.717) is 0 Å². The summed E-state index contributed by atoms with van der Waals surface area (Å²) in [5, 5.41) is 0. The van der Waals surface area contributed by atoms with Gasteiger partial charge in [-0.3, -0.25) is 0 Å². The first-order valence-electron chi connectivity index (χ1n) is 4.56. The first kappa shape index (κ1) is 12.8. The predicted octanol–water partition coefficient (Wildman–Crippen LogP) is 3.75. The molecular formula is C10H11NOS2Zn. The normalized spacial score (nSPS) is 9.93. The molecular weight excluding hydrogens is 280 g/mol. The molecule has 0 bridgehead atoms. The van der Waals surface area contributed by atoms with E-state index in [-0.39, 0.29) is 19.5 Å². The average Bonchev–Trinajstić information content (AvgIpc) is 2.55. The van der Waals surface area contributed by atoms with Crippen LogP contribution in [0.1, 0.15) is 13.3 Å². The van der Waals surface area contributed by atoms with Gasteiger partial charge in [0.2, 0.25) is 0 Å². The van der Waals surface area contributed by atoms with E-state index in [2.05, 4.69) is 11.9 Å². The number of H-pyrrole nitrogens is 1. The molecule has 2 rings (SSSR count). The van der Waals surface area contributed by atoms with E-state index >= 15 is 0 Å². The smallest absolute Gasteiger partial charge is 0.159 e. The number of hydrogen-bond acceptors (Lipinski definition) is 3. The van der Waals surface area contributed by atoms with Gasteiger partial charge in [0.05, 0.1) is 16.8 Å². The average molecular weight is 291 g/mol. The molecule has 0 radical (unpaired) electrons. The van der Waals surface area contributed by atoms with E-state index in [1.807, 2.05) is 18.2 Å². The van der Waals surface area contributed by atoms with Crippen LogP contribution in [-0.2, 0) is 19.5 Å². The third-order valence-corrected chi connectivity index (χ3v) is 3.08. The molecule has 0 aliphatic rings. The quantitative estimate of drug-likeness (QED) is 0.688. The molecule has 1 aromatic heterocycles. The SMILES string of the molecule is CCCOc1cccc2sc(=S)[nH]c12.[Zn]. The maximum absolute atomic E-state index is 5.61. The maximum atomic E-state index is 5.61. The summed E-state index contributed by atoms with van der Waals surface area (Å²) in [5.41, 5.74) is 1.02. The largest absolute Gasteiger partial charge is 0.491 e. The number of aromatic amines is 1. The molecule has 0 unspecified atom stereocenters. The van der Waals surface area contributed by atoms with Crippen LogP contribution in [0.3, 0.4) is 0 Å². The van der Waals surface area contributed by atoms with E-state index in [4.69, 9.17) is 17.0 Å². The molecule has 0 saturated heterocycles. The summed E-state index contributed by atoms with van der Waals surface area (Å²) in [6.45, 7) is 2.84. The van der Waals surface area contributed by atoms with E-state index < -0.39 is 0 Å². The van der Waals surface area contributed by atoms with Crippen molar-refractivity contribution >= 4 is 33.8 Å². The Kier molecular flexibility index (Phi) is 4.90. The Hall–Kier alpha value is -0.247. The summed E-state index contributed by atoms with van der Waals surface area (Å²) in [7, 11) is 0. The fourth-order valence-corrected chi connectivity index (χ4v) is 2.40. The Labute approximate surface area is 110 Å². The zero-order chi connectivity index (χ0) is 9.97. The number of rotatable bonds is 3. The number of aromatic nitrogens is 1. The Balaban J connectivity index is 0.00000112. The molecule has 0 amide bonds. The maximum Gasteiger partial charge on any atom is 0.159 e. The van der Waals surface area contributed by atoms with Crippen molar-refractivity contribution in [3.63, 3.8) is 0 Å². The first-order valence-corrected chi connectivity index (χ1v) is 5.78. The molecule has 1 N–H and O–H groups in total. The Morgan fingerprint density at radius 3 is 3.00 bits per heavy atom. The van der Waals surface area contributed by atoms with Crippen molar-refractivity contribution in [1.29, 1.82) is 0 Å². The molecule has 0 aliphatic carbocycles. The second-order valence-electron chi connectivity index (χ2n) is 2.99. The zero-order valence-corrected chi connectivity index (χ0v) is 13.2. The van der Waals surface area contributed by atoms with Gasteiger partial charge >= 0.3 is 0 Å². The van der Waals surface area contributed by atoms with Gasteiger partial charge in [-0.15, -0.1) is 11.3 Å². The van der Waals surface area contributed by atoms with Crippen LogP contribution in [0.15, 0.2) is 18.2 Å². The van der Waals surface area contributed by atoms with Crippen molar-refractivity contribution in [2.45, 2.75) is 13.3 Å². The summed E-state index contributed by atoms with van der Waals surface area (Å²) >= 11 is 6.67. The Bertz CT molecular complexity index is 491. The number of thiazole rings is 1. The standard InChI is InChI=1S/C10H11NOS2.Zn/c1-2-6-12-7-4-3-5-8-9(7)11-10(13)14-8;/h3-5H,2,6H2,1H3,(H,11,13);. The third kappa shape index (κ3) is 2.86. The Morgan fingerprint density at radius 1 is 1.47 bits per heavy atom. The van der Waals surface area contributed by atoms with Gasteiger partial charge in [-0.1, -0.05) is 13.0 Å². The molecule has 0 atom stereocenters. The Morgan fingerprint density at radius 2 is 2.27 bits per heavy atom.